The Hall–Kier alpha value is -3.60. The summed E-state index contributed by atoms with van der Waals surface area (Å²) in [6.07, 6.45) is 5.26. The Bertz CT molecular complexity index is 1060. The zero-order chi connectivity index (χ0) is 18.6. The average molecular weight is 357 g/mol. The predicted octanol–water partition coefficient (Wildman–Crippen LogP) is 4.82. The van der Waals surface area contributed by atoms with E-state index in [0.717, 1.165) is 33.6 Å². The van der Waals surface area contributed by atoms with Gasteiger partial charge in [0.1, 0.15) is 0 Å². The number of nitrogens with zero attached hydrogens (tertiary/aromatic N) is 2. The summed E-state index contributed by atoms with van der Waals surface area (Å²) >= 11 is 0. The molecule has 1 N–H and O–H groups in total. The number of rotatable bonds is 5. The first-order chi connectivity index (χ1) is 13.3. The quantitative estimate of drug-likeness (QED) is 0.556. The summed E-state index contributed by atoms with van der Waals surface area (Å²) in [4.78, 5) is 11.9. The summed E-state index contributed by atoms with van der Waals surface area (Å²) in [6.45, 7) is 0. The maximum atomic E-state index is 5.47. The van der Waals surface area contributed by atoms with Gasteiger partial charge in [-0.15, -0.1) is 0 Å². The topological polar surface area (TPSA) is 60.0 Å². The van der Waals surface area contributed by atoms with Crippen LogP contribution in [0.15, 0.2) is 73.3 Å². The fourth-order valence-corrected chi connectivity index (χ4v) is 3.18. The molecule has 5 heteroatoms. The molecule has 27 heavy (non-hydrogen) atoms. The molecule has 5 nitrogen and oxygen atoms in total. The van der Waals surface area contributed by atoms with Crippen molar-refractivity contribution in [3.63, 3.8) is 0 Å². The van der Waals surface area contributed by atoms with Crippen LogP contribution in [-0.4, -0.2) is 29.2 Å². The van der Waals surface area contributed by atoms with E-state index in [0.29, 0.717) is 11.5 Å². The van der Waals surface area contributed by atoms with E-state index in [-0.39, 0.29) is 0 Å². The van der Waals surface area contributed by atoms with Crippen LogP contribution in [0.1, 0.15) is 0 Å². The van der Waals surface area contributed by atoms with Crippen molar-refractivity contribution in [3.05, 3.63) is 73.3 Å². The van der Waals surface area contributed by atoms with Gasteiger partial charge in [-0.25, -0.2) is 4.98 Å². The Kier molecular flexibility index (Phi) is 4.58. The number of hydrogen-bond acceptors (Lipinski definition) is 4. The van der Waals surface area contributed by atoms with Crippen molar-refractivity contribution in [1.82, 2.24) is 15.0 Å². The van der Waals surface area contributed by atoms with Gasteiger partial charge < -0.3 is 14.5 Å². The molecule has 0 aliphatic heterocycles. The largest absolute Gasteiger partial charge is 0.493 e. The lowest BCUT2D eigenvalue weighted by Crippen LogP contribution is -1.92. The van der Waals surface area contributed by atoms with Crippen LogP contribution in [0, 0.1) is 0 Å². The highest BCUT2D eigenvalue weighted by atomic mass is 16.5. The molecular formula is C22H19N3O2. The lowest BCUT2D eigenvalue weighted by atomic mass is 9.95. The summed E-state index contributed by atoms with van der Waals surface area (Å²) < 4.78 is 10.8. The Balaban J connectivity index is 1.86. The second-order valence-corrected chi connectivity index (χ2v) is 5.98. The SMILES string of the molecule is COc1ccc(-c2ccccc2-c2[nH]cnc2-c2ccncc2)cc1OC. The fraction of sp³-hybridized carbons (Fsp3) is 0.0909. The van der Waals surface area contributed by atoms with Gasteiger partial charge in [-0.05, 0) is 35.4 Å². The lowest BCUT2D eigenvalue weighted by Gasteiger charge is -2.13. The summed E-state index contributed by atoms with van der Waals surface area (Å²) in [5.74, 6) is 1.40. The number of nitrogens with one attached hydrogen (secondary N) is 1. The molecular weight excluding hydrogens is 338 g/mol. The minimum atomic E-state index is 0.698. The van der Waals surface area contributed by atoms with Gasteiger partial charge in [-0.3, -0.25) is 4.98 Å². The molecule has 0 saturated carbocycles. The minimum absolute atomic E-state index is 0.698. The molecule has 2 heterocycles. The molecule has 0 aliphatic rings. The second kappa shape index (κ2) is 7.33. The molecule has 2 aromatic carbocycles. The van der Waals surface area contributed by atoms with Crippen LogP contribution in [0.25, 0.3) is 33.6 Å². The number of ether oxygens (including phenoxy) is 2. The molecule has 134 valence electrons. The number of aromatic amines is 1. The van der Waals surface area contributed by atoms with E-state index >= 15 is 0 Å². The van der Waals surface area contributed by atoms with E-state index in [1.165, 1.54) is 0 Å². The molecule has 4 aromatic rings. The van der Waals surface area contributed by atoms with Gasteiger partial charge in [0.15, 0.2) is 11.5 Å². The third kappa shape index (κ3) is 3.15. The first-order valence-corrected chi connectivity index (χ1v) is 8.57. The Morgan fingerprint density at radius 1 is 0.778 bits per heavy atom. The molecule has 0 saturated heterocycles. The normalized spacial score (nSPS) is 10.6. The molecule has 0 fully saturated rings. The first kappa shape index (κ1) is 16.8. The summed E-state index contributed by atoms with van der Waals surface area (Å²) in [5.41, 5.74) is 6.06. The van der Waals surface area contributed by atoms with Gasteiger partial charge >= 0.3 is 0 Å². The fourth-order valence-electron chi connectivity index (χ4n) is 3.18. The summed E-state index contributed by atoms with van der Waals surface area (Å²) in [5, 5.41) is 0. The van der Waals surface area contributed by atoms with Crippen molar-refractivity contribution in [2.24, 2.45) is 0 Å². The number of H-pyrrole nitrogens is 1. The average Bonchev–Trinajstić information content (AvgIpc) is 3.23. The van der Waals surface area contributed by atoms with E-state index in [9.17, 15) is 0 Å². The number of methoxy groups -OCH3 is 2. The zero-order valence-electron chi connectivity index (χ0n) is 15.1. The van der Waals surface area contributed by atoms with E-state index in [1.807, 2.05) is 42.5 Å². The van der Waals surface area contributed by atoms with Gasteiger partial charge in [0, 0.05) is 23.5 Å². The maximum Gasteiger partial charge on any atom is 0.161 e. The van der Waals surface area contributed by atoms with Crippen molar-refractivity contribution in [3.8, 4) is 45.1 Å². The van der Waals surface area contributed by atoms with Crippen molar-refractivity contribution in [2.75, 3.05) is 14.2 Å². The highest BCUT2D eigenvalue weighted by Gasteiger charge is 2.15. The number of imidazole rings is 1. The zero-order valence-corrected chi connectivity index (χ0v) is 15.1. The predicted molar refractivity (Wildman–Crippen MR) is 106 cm³/mol. The van der Waals surface area contributed by atoms with Crippen molar-refractivity contribution < 1.29 is 9.47 Å². The number of benzene rings is 2. The summed E-state index contributed by atoms with van der Waals surface area (Å²) in [7, 11) is 3.28. The van der Waals surface area contributed by atoms with Crippen LogP contribution in [-0.2, 0) is 0 Å². The van der Waals surface area contributed by atoms with Crippen LogP contribution in [0.3, 0.4) is 0 Å². The first-order valence-electron chi connectivity index (χ1n) is 8.57. The van der Waals surface area contributed by atoms with Crippen LogP contribution in [0.2, 0.25) is 0 Å². The molecule has 4 rings (SSSR count). The highest BCUT2D eigenvalue weighted by molar-refractivity contribution is 5.88. The summed E-state index contributed by atoms with van der Waals surface area (Å²) in [6, 6.07) is 18.1. The Morgan fingerprint density at radius 3 is 2.26 bits per heavy atom. The molecule has 2 aromatic heterocycles. The van der Waals surface area contributed by atoms with E-state index in [4.69, 9.17) is 9.47 Å². The van der Waals surface area contributed by atoms with Gasteiger partial charge in [0.25, 0.3) is 0 Å². The molecule has 0 radical (unpaired) electrons. The monoisotopic (exact) mass is 357 g/mol. The van der Waals surface area contributed by atoms with Gasteiger partial charge in [-0.2, -0.15) is 0 Å². The molecule has 0 spiro atoms. The minimum Gasteiger partial charge on any atom is -0.493 e. The van der Waals surface area contributed by atoms with Crippen molar-refractivity contribution in [2.45, 2.75) is 0 Å². The van der Waals surface area contributed by atoms with Crippen LogP contribution in [0.5, 0.6) is 11.5 Å². The van der Waals surface area contributed by atoms with E-state index in [2.05, 4.69) is 27.1 Å². The number of hydrogen-bond donors (Lipinski definition) is 1. The molecule has 0 unspecified atom stereocenters. The maximum absolute atomic E-state index is 5.47. The van der Waals surface area contributed by atoms with Crippen LogP contribution in [0.4, 0.5) is 0 Å². The second-order valence-electron chi connectivity index (χ2n) is 5.98. The molecule has 0 aliphatic carbocycles. The van der Waals surface area contributed by atoms with Gasteiger partial charge in [0.05, 0.1) is 31.9 Å². The van der Waals surface area contributed by atoms with Crippen molar-refractivity contribution in [1.29, 1.82) is 0 Å². The standard InChI is InChI=1S/C22H19N3O2/c1-26-19-8-7-16(13-20(19)27-2)17-5-3-4-6-18(17)22-21(24-14-25-22)15-9-11-23-12-10-15/h3-14H,1-2H3,(H,24,25). The third-order valence-corrected chi connectivity index (χ3v) is 4.48. The van der Waals surface area contributed by atoms with Gasteiger partial charge in [-0.1, -0.05) is 30.3 Å². The highest BCUT2D eigenvalue weighted by Crippen LogP contribution is 2.38. The smallest absolute Gasteiger partial charge is 0.161 e. The Labute approximate surface area is 157 Å². The van der Waals surface area contributed by atoms with Crippen LogP contribution < -0.4 is 9.47 Å². The molecule has 0 atom stereocenters. The van der Waals surface area contributed by atoms with E-state index < -0.39 is 0 Å². The van der Waals surface area contributed by atoms with E-state index in [1.54, 1.807) is 32.9 Å². The molecule has 0 bridgehead atoms. The number of aromatic nitrogens is 3. The van der Waals surface area contributed by atoms with Gasteiger partial charge in [0.2, 0.25) is 0 Å². The van der Waals surface area contributed by atoms with Crippen LogP contribution >= 0.6 is 0 Å². The number of pyridine rings is 1. The third-order valence-electron chi connectivity index (χ3n) is 4.48. The molecule has 0 amide bonds. The van der Waals surface area contributed by atoms with Crippen molar-refractivity contribution >= 4 is 0 Å². The Morgan fingerprint density at radius 2 is 1.52 bits per heavy atom. The lowest BCUT2D eigenvalue weighted by molar-refractivity contribution is 0.355.